The first-order valence-corrected chi connectivity index (χ1v) is 13.0. The summed E-state index contributed by atoms with van der Waals surface area (Å²) in [5.41, 5.74) is 3.97. The van der Waals surface area contributed by atoms with E-state index >= 15 is 0 Å². The Morgan fingerprint density at radius 2 is 2.00 bits per heavy atom. The minimum absolute atomic E-state index is 0.151. The molecular weight excluding hydrogens is 457 g/mol. The maximum atomic E-state index is 14.8. The van der Waals surface area contributed by atoms with E-state index in [2.05, 4.69) is 22.6 Å². The molecule has 0 aliphatic heterocycles. The number of fused-ring (bicyclic) bond motifs is 1. The van der Waals surface area contributed by atoms with Crippen LogP contribution in [0.3, 0.4) is 0 Å². The smallest absolute Gasteiger partial charge is 0.216 e. The fourth-order valence-corrected chi connectivity index (χ4v) is 5.21. The molecule has 0 radical (unpaired) electrons. The monoisotopic (exact) mass is 489 g/mol. The van der Waals surface area contributed by atoms with E-state index in [-0.39, 0.29) is 11.3 Å². The zero-order valence-corrected chi connectivity index (χ0v) is 21.9. The van der Waals surface area contributed by atoms with Crippen LogP contribution in [0.15, 0.2) is 70.5 Å². The number of thiophene rings is 1. The zero-order chi connectivity index (χ0) is 25.3. The van der Waals surface area contributed by atoms with Crippen LogP contribution in [0.2, 0.25) is 0 Å². The first-order chi connectivity index (χ1) is 16.8. The second-order valence-corrected chi connectivity index (χ2v) is 10.0. The number of aromatic nitrogens is 2. The van der Waals surface area contributed by atoms with Crippen LogP contribution in [0.25, 0.3) is 20.5 Å². The molecule has 0 spiro atoms. The molecule has 5 rings (SSSR count). The summed E-state index contributed by atoms with van der Waals surface area (Å²) >= 11 is 1.58. The van der Waals surface area contributed by atoms with Gasteiger partial charge in [-0.15, -0.1) is 11.3 Å². The van der Waals surface area contributed by atoms with Crippen LogP contribution in [0.5, 0.6) is 0 Å². The van der Waals surface area contributed by atoms with E-state index in [0.29, 0.717) is 35.0 Å². The highest BCUT2D eigenvalue weighted by molar-refractivity contribution is 7.22. The fraction of sp³-hybridized carbons (Fsp3) is 0.345. The predicted molar refractivity (Wildman–Crippen MR) is 147 cm³/mol. The van der Waals surface area contributed by atoms with Crippen LogP contribution in [-0.2, 0) is 0 Å². The van der Waals surface area contributed by atoms with Crippen molar-refractivity contribution in [2.24, 2.45) is 4.99 Å². The van der Waals surface area contributed by atoms with Gasteiger partial charge in [0.05, 0.1) is 11.6 Å². The fourth-order valence-electron chi connectivity index (χ4n) is 4.12. The first kappa shape index (κ1) is 25.0. The predicted octanol–water partition coefficient (Wildman–Crippen LogP) is 8.36. The minimum atomic E-state index is -0.494. The Morgan fingerprint density at radius 3 is 2.66 bits per heavy atom. The molecule has 2 aliphatic carbocycles. The molecule has 35 heavy (non-hydrogen) atoms. The number of aliphatic imine (C=N–C) groups is 1. The second-order valence-electron chi connectivity index (χ2n) is 8.95. The van der Waals surface area contributed by atoms with Gasteiger partial charge in [-0.25, -0.2) is 9.38 Å². The Labute approximate surface area is 210 Å². The van der Waals surface area contributed by atoms with Crippen LogP contribution in [0.1, 0.15) is 70.3 Å². The summed E-state index contributed by atoms with van der Waals surface area (Å²) in [6.07, 6.45) is 11.8. The number of nitrogens with zero attached hydrogens (tertiary/aromatic N) is 3. The summed E-state index contributed by atoms with van der Waals surface area (Å²) in [4.78, 5) is 23.7. The van der Waals surface area contributed by atoms with E-state index in [1.807, 2.05) is 57.5 Å². The lowest BCUT2D eigenvalue weighted by Crippen LogP contribution is -2.19. The molecule has 0 bridgehead atoms. The molecule has 2 aliphatic rings. The third-order valence-corrected chi connectivity index (χ3v) is 7.57. The van der Waals surface area contributed by atoms with Gasteiger partial charge in [-0.1, -0.05) is 32.6 Å². The standard InChI is InChI=1S/C27H26FN3OS.C2H6/c1-15(2)16(3)30-26-17(4)31(23-8-6-5-7-21(23)28)14-20(27(26)32)25-11-19-13-29-22(18-9-10-18)12-24(19)33-25;1-2/h5-7,11-14,18,23H,1,8-10H2,2-4H3;1-2H3. The number of hydrogen-bond acceptors (Lipinski definition) is 4. The van der Waals surface area contributed by atoms with Crippen molar-refractivity contribution < 1.29 is 4.39 Å². The average Bonchev–Trinajstić information content (AvgIpc) is 3.62. The van der Waals surface area contributed by atoms with Gasteiger partial charge in [0.25, 0.3) is 0 Å². The molecule has 3 aromatic heterocycles. The third kappa shape index (κ3) is 4.98. The lowest BCUT2D eigenvalue weighted by atomic mass is 10.0. The van der Waals surface area contributed by atoms with E-state index in [0.717, 1.165) is 26.2 Å². The number of allylic oxidation sites excluding steroid dienone is 5. The van der Waals surface area contributed by atoms with Crippen molar-refractivity contribution in [1.82, 2.24) is 9.55 Å². The van der Waals surface area contributed by atoms with Crippen molar-refractivity contribution in [2.75, 3.05) is 0 Å². The lowest BCUT2D eigenvalue weighted by Gasteiger charge is -2.24. The van der Waals surface area contributed by atoms with Crippen molar-refractivity contribution in [3.8, 4) is 10.4 Å². The molecule has 0 aromatic carbocycles. The molecule has 0 amide bonds. The molecule has 1 fully saturated rings. The Bertz CT molecular complexity index is 1440. The van der Waals surface area contributed by atoms with Gasteiger partial charge in [-0.05, 0) is 63.8 Å². The lowest BCUT2D eigenvalue weighted by molar-refractivity contribution is 0.443. The highest BCUT2D eigenvalue weighted by Crippen LogP contribution is 2.42. The van der Waals surface area contributed by atoms with Gasteiger partial charge in [0.2, 0.25) is 5.43 Å². The number of halogens is 1. The molecule has 4 nitrogen and oxygen atoms in total. The van der Waals surface area contributed by atoms with Gasteiger partial charge in [-0.2, -0.15) is 0 Å². The molecule has 1 atom stereocenters. The zero-order valence-electron chi connectivity index (χ0n) is 21.1. The summed E-state index contributed by atoms with van der Waals surface area (Å²) in [7, 11) is 0. The Morgan fingerprint density at radius 1 is 1.26 bits per heavy atom. The van der Waals surface area contributed by atoms with Crippen molar-refractivity contribution in [3.05, 3.63) is 82.3 Å². The average molecular weight is 490 g/mol. The van der Waals surface area contributed by atoms with Gasteiger partial charge in [-0.3, -0.25) is 9.78 Å². The Hall–Kier alpha value is -3.12. The van der Waals surface area contributed by atoms with Gasteiger partial charge >= 0.3 is 0 Å². The van der Waals surface area contributed by atoms with Crippen LogP contribution < -0.4 is 5.43 Å². The highest BCUT2D eigenvalue weighted by Gasteiger charge is 2.26. The molecule has 3 heterocycles. The molecule has 182 valence electrons. The van der Waals surface area contributed by atoms with Crippen molar-refractivity contribution in [1.29, 1.82) is 0 Å². The maximum Gasteiger partial charge on any atom is 0.216 e. The van der Waals surface area contributed by atoms with Crippen LogP contribution in [0.4, 0.5) is 10.1 Å². The molecular formula is C29H32FN3OS. The van der Waals surface area contributed by atoms with Gasteiger partial charge in [0.15, 0.2) is 0 Å². The maximum absolute atomic E-state index is 14.8. The van der Waals surface area contributed by atoms with Crippen molar-refractivity contribution in [2.45, 2.75) is 65.8 Å². The largest absolute Gasteiger partial charge is 0.339 e. The Kier molecular flexibility index (Phi) is 7.31. The summed E-state index contributed by atoms with van der Waals surface area (Å²) < 4.78 is 17.8. The summed E-state index contributed by atoms with van der Waals surface area (Å²) in [5, 5.41) is 1.01. The van der Waals surface area contributed by atoms with Gasteiger partial charge < -0.3 is 4.57 Å². The SMILES string of the molecule is C=C(C)C(C)=Nc1c(C)n(C2CC=CC=C2F)cc(-c2cc3cnc(C4CC4)cc3s2)c1=O.CC. The molecule has 0 N–H and O–H groups in total. The van der Waals surface area contributed by atoms with E-state index in [9.17, 15) is 9.18 Å². The van der Waals surface area contributed by atoms with Crippen molar-refractivity contribution >= 4 is 32.8 Å². The molecule has 1 unspecified atom stereocenters. The summed E-state index contributed by atoms with van der Waals surface area (Å²) in [5.74, 6) is 0.341. The number of rotatable bonds is 5. The molecule has 3 aromatic rings. The van der Waals surface area contributed by atoms with Crippen LogP contribution in [0, 0.1) is 6.92 Å². The van der Waals surface area contributed by atoms with E-state index in [1.54, 1.807) is 23.6 Å². The van der Waals surface area contributed by atoms with Gasteiger partial charge in [0.1, 0.15) is 11.5 Å². The van der Waals surface area contributed by atoms with Gasteiger partial charge in [0, 0.05) is 50.4 Å². The first-order valence-electron chi connectivity index (χ1n) is 12.2. The second kappa shape index (κ2) is 10.2. The quantitative estimate of drug-likeness (QED) is 0.338. The van der Waals surface area contributed by atoms with Crippen molar-refractivity contribution in [3.63, 3.8) is 0 Å². The van der Waals surface area contributed by atoms with E-state index in [4.69, 9.17) is 0 Å². The highest BCUT2D eigenvalue weighted by atomic mass is 32.1. The summed E-state index contributed by atoms with van der Waals surface area (Å²) in [6, 6.07) is 3.66. The number of hydrogen-bond donors (Lipinski definition) is 0. The Balaban J connectivity index is 0.00000141. The van der Waals surface area contributed by atoms with Crippen LogP contribution in [-0.4, -0.2) is 15.3 Å². The third-order valence-electron chi connectivity index (χ3n) is 6.44. The topological polar surface area (TPSA) is 47.2 Å². The normalized spacial score (nSPS) is 17.7. The van der Waals surface area contributed by atoms with E-state index in [1.165, 1.54) is 18.9 Å². The molecule has 0 saturated heterocycles. The number of pyridine rings is 2. The van der Waals surface area contributed by atoms with Crippen LogP contribution >= 0.6 is 11.3 Å². The molecule has 1 saturated carbocycles. The molecule has 6 heteroatoms. The summed E-state index contributed by atoms with van der Waals surface area (Å²) in [6.45, 7) is 13.5. The minimum Gasteiger partial charge on any atom is -0.339 e. The van der Waals surface area contributed by atoms with E-state index < -0.39 is 6.04 Å².